The largest absolute Gasteiger partial charge is 0.477 e. The van der Waals surface area contributed by atoms with Gasteiger partial charge in [0.05, 0.1) is 5.92 Å². The Hall–Kier alpha value is -3.33. The van der Waals surface area contributed by atoms with Crippen molar-refractivity contribution in [2.75, 3.05) is 0 Å². The molecule has 0 spiro atoms. The van der Waals surface area contributed by atoms with E-state index in [2.05, 4.69) is 27.7 Å². The third-order valence-electron chi connectivity index (χ3n) is 5.91. The Labute approximate surface area is 190 Å². The summed E-state index contributed by atoms with van der Waals surface area (Å²) < 4.78 is 12.4. The van der Waals surface area contributed by atoms with Crippen LogP contribution in [0, 0.1) is 0 Å². The summed E-state index contributed by atoms with van der Waals surface area (Å²) in [5, 5.41) is 0. The fourth-order valence-corrected chi connectivity index (χ4v) is 4.17. The minimum absolute atomic E-state index is 0.215. The summed E-state index contributed by atoms with van der Waals surface area (Å²) >= 11 is 0. The van der Waals surface area contributed by atoms with Crippen molar-refractivity contribution in [3.05, 3.63) is 107 Å². The second kappa shape index (κ2) is 9.44. The lowest BCUT2D eigenvalue weighted by atomic mass is 9.93. The van der Waals surface area contributed by atoms with Gasteiger partial charge in [-0.25, -0.2) is 4.79 Å². The van der Waals surface area contributed by atoms with E-state index in [-0.39, 0.29) is 23.7 Å². The van der Waals surface area contributed by atoms with Crippen molar-refractivity contribution in [3.63, 3.8) is 0 Å². The van der Waals surface area contributed by atoms with E-state index in [4.69, 9.17) is 9.47 Å². The molecule has 0 fully saturated rings. The van der Waals surface area contributed by atoms with E-state index >= 15 is 0 Å². The van der Waals surface area contributed by atoms with Crippen molar-refractivity contribution >= 4 is 11.7 Å². The smallest absolute Gasteiger partial charge is 0.353 e. The van der Waals surface area contributed by atoms with Crippen LogP contribution in [-0.4, -0.2) is 12.1 Å². The molecule has 0 saturated heterocycles. The molecule has 0 amide bonds. The van der Waals surface area contributed by atoms with Crippen molar-refractivity contribution in [3.8, 4) is 5.75 Å². The van der Waals surface area contributed by atoms with Crippen molar-refractivity contribution in [1.29, 1.82) is 0 Å². The molecule has 2 atom stereocenters. The molecule has 0 N–H and O–H groups in total. The first-order valence-corrected chi connectivity index (χ1v) is 11.3. The SMILES string of the molecule is CC(C)c1cccc(C(C)C)c1OC(=O)[C@@H]1OC(c2ccccc2)=C[C@H]1c1ccccc1. The Bertz CT molecular complexity index is 1070. The average molecular weight is 427 g/mol. The molecule has 3 aromatic rings. The molecule has 0 radical (unpaired) electrons. The number of benzene rings is 3. The van der Waals surface area contributed by atoms with E-state index in [9.17, 15) is 4.79 Å². The van der Waals surface area contributed by atoms with Gasteiger partial charge in [0.25, 0.3) is 0 Å². The fourth-order valence-electron chi connectivity index (χ4n) is 4.17. The zero-order valence-corrected chi connectivity index (χ0v) is 19.1. The van der Waals surface area contributed by atoms with Crippen molar-refractivity contribution in [2.24, 2.45) is 0 Å². The van der Waals surface area contributed by atoms with Gasteiger partial charge in [0.15, 0.2) is 0 Å². The lowest BCUT2D eigenvalue weighted by Crippen LogP contribution is -2.31. The fraction of sp³-hybridized carbons (Fsp3) is 0.276. The summed E-state index contributed by atoms with van der Waals surface area (Å²) in [6, 6.07) is 26.0. The van der Waals surface area contributed by atoms with Crippen LogP contribution in [-0.2, 0) is 9.53 Å². The van der Waals surface area contributed by atoms with Crippen molar-refractivity contribution < 1.29 is 14.3 Å². The van der Waals surface area contributed by atoms with Crippen LogP contribution in [0.2, 0.25) is 0 Å². The molecule has 3 nitrogen and oxygen atoms in total. The zero-order chi connectivity index (χ0) is 22.7. The van der Waals surface area contributed by atoms with Crippen LogP contribution >= 0.6 is 0 Å². The highest BCUT2D eigenvalue weighted by molar-refractivity contribution is 5.83. The van der Waals surface area contributed by atoms with Gasteiger partial charge >= 0.3 is 5.97 Å². The minimum atomic E-state index is -0.743. The monoisotopic (exact) mass is 426 g/mol. The maximum Gasteiger partial charge on any atom is 0.353 e. The standard InChI is InChI=1S/C29H30O3/c1-19(2)23-16-11-17-24(20(3)4)27(23)32-29(30)28-25(21-12-7-5-8-13-21)18-26(31-28)22-14-9-6-10-15-22/h5-20,25,28H,1-4H3/t25-,28+/m0/s1. The highest BCUT2D eigenvalue weighted by Gasteiger charge is 2.38. The topological polar surface area (TPSA) is 35.5 Å². The van der Waals surface area contributed by atoms with Gasteiger partial charge in [-0.05, 0) is 34.6 Å². The van der Waals surface area contributed by atoms with E-state index in [1.165, 1.54) is 0 Å². The molecule has 32 heavy (non-hydrogen) atoms. The van der Waals surface area contributed by atoms with Crippen molar-refractivity contribution in [2.45, 2.75) is 51.6 Å². The number of ether oxygens (including phenoxy) is 2. The van der Waals surface area contributed by atoms with Gasteiger partial charge in [-0.1, -0.05) is 107 Å². The van der Waals surface area contributed by atoms with Crippen LogP contribution in [0.15, 0.2) is 84.9 Å². The second-order valence-corrected chi connectivity index (χ2v) is 8.87. The van der Waals surface area contributed by atoms with Crippen LogP contribution in [0.25, 0.3) is 5.76 Å². The Morgan fingerprint density at radius 3 is 1.91 bits per heavy atom. The van der Waals surface area contributed by atoms with Crippen LogP contribution in [0.4, 0.5) is 0 Å². The zero-order valence-electron chi connectivity index (χ0n) is 19.1. The summed E-state index contributed by atoms with van der Waals surface area (Å²) in [7, 11) is 0. The molecular formula is C29H30O3. The summed E-state index contributed by atoms with van der Waals surface area (Å²) in [4.78, 5) is 13.5. The van der Waals surface area contributed by atoms with Crippen molar-refractivity contribution in [1.82, 2.24) is 0 Å². The first-order valence-electron chi connectivity index (χ1n) is 11.3. The third-order valence-corrected chi connectivity index (χ3v) is 5.91. The molecule has 0 aromatic heterocycles. The Kier molecular flexibility index (Phi) is 6.45. The normalized spacial score (nSPS) is 17.9. The maximum absolute atomic E-state index is 13.5. The second-order valence-electron chi connectivity index (χ2n) is 8.87. The van der Waals surface area contributed by atoms with Gasteiger partial charge in [0.2, 0.25) is 6.10 Å². The summed E-state index contributed by atoms with van der Waals surface area (Å²) in [6.45, 7) is 8.46. The summed E-state index contributed by atoms with van der Waals surface area (Å²) in [5.41, 5.74) is 4.06. The van der Waals surface area contributed by atoms with Gasteiger partial charge in [-0.15, -0.1) is 0 Å². The molecule has 1 aliphatic heterocycles. The lowest BCUT2D eigenvalue weighted by molar-refractivity contribution is -0.143. The Morgan fingerprint density at radius 2 is 1.34 bits per heavy atom. The van der Waals surface area contributed by atoms with Gasteiger partial charge in [-0.2, -0.15) is 0 Å². The van der Waals surface area contributed by atoms with Crippen LogP contribution < -0.4 is 4.74 Å². The molecule has 0 unspecified atom stereocenters. The molecule has 4 rings (SSSR count). The number of para-hydroxylation sites is 1. The highest BCUT2D eigenvalue weighted by Crippen LogP contribution is 2.39. The molecule has 0 saturated carbocycles. The van der Waals surface area contributed by atoms with Gasteiger partial charge in [-0.3, -0.25) is 0 Å². The molecule has 1 aliphatic rings. The molecule has 3 aromatic carbocycles. The van der Waals surface area contributed by atoms with Gasteiger partial charge in [0, 0.05) is 5.56 Å². The van der Waals surface area contributed by atoms with E-state index in [1.54, 1.807) is 0 Å². The van der Waals surface area contributed by atoms with Gasteiger partial charge < -0.3 is 9.47 Å². The number of hydrogen-bond donors (Lipinski definition) is 0. The van der Waals surface area contributed by atoms with Crippen LogP contribution in [0.1, 0.15) is 67.7 Å². The molecule has 3 heteroatoms. The Morgan fingerprint density at radius 1 is 0.781 bits per heavy atom. The van der Waals surface area contributed by atoms with Crippen LogP contribution in [0.3, 0.4) is 0 Å². The number of carbonyl (C=O) groups excluding carboxylic acids is 1. The van der Waals surface area contributed by atoms with E-state index in [0.29, 0.717) is 11.5 Å². The molecule has 0 bridgehead atoms. The van der Waals surface area contributed by atoms with E-state index in [1.807, 2.05) is 84.9 Å². The van der Waals surface area contributed by atoms with Crippen LogP contribution in [0.5, 0.6) is 5.75 Å². The molecule has 1 heterocycles. The maximum atomic E-state index is 13.5. The quantitative estimate of drug-likeness (QED) is 0.312. The Balaban J connectivity index is 1.69. The molecule has 0 aliphatic carbocycles. The minimum Gasteiger partial charge on any atom is -0.477 e. The predicted octanol–water partition coefficient (Wildman–Crippen LogP) is 7.06. The number of rotatable bonds is 6. The number of hydrogen-bond acceptors (Lipinski definition) is 3. The van der Waals surface area contributed by atoms with E-state index < -0.39 is 6.10 Å². The average Bonchev–Trinajstić information content (AvgIpc) is 3.26. The van der Waals surface area contributed by atoms with E-state index in [0.717, 1.165) is 22.3 Å². The third kappa shape index (κ3) is 4.47. The first-order chi connectivity index (χ1) is 15.5. The molecule has 164 valence electrons. The highest BCUT2D eigenvalue weighted by atomic mass is 16.6. The summed E-state index contributed by atoms with van der Waals surface area (Å²) in [6.07, 6.45) is 1.29. The first kappa shape index (κ1) is 21.9. The number of carbonyl (C=O) groups is 1. The lowest BCUT2D eigenvalue weighted by Gasteiger charge is -2.22. The summed E-state index contributed by atoms with van der Waals surface area (Å²) in [5.74, 6) is 1.28. The predicted molar refractivity (Wildman–Crippen MR) is 129 cm³/mol. The molecular weight excluding hydrogens is 396 g/mol. The van der Waals surface area contributed by atoms with Gasteiger partial charge in [0.1, 0.15) is 11.5 Å². The number of esters is 1.